The van der Waals surface area contributed by atoms with Crippen molar-refractivity contribution in [2.75, 3.05) is 6.26 Å². The third-order valence-electron chi connectivity index (χ3n) is 3.38. The van der Waals surface area contributed by atoms with Crippen LogP contribution in [-0.2, 0) is 19.3 Å². The number of fused-ring (bicyclic) bond motifs is 1. The van der Waals surface area contributed by atoms with Gasteiger partial charge in [0.2, 0.25) is 0 Å². The Hall–Kier alpha value is -0.690. The molecule has 0 nitrogen and oxygen atoms in total. The van der Waals surface area contributed by atoms with E-state index in [1.54, 1.807) is 22.9 Å². The normalized spacial score (nSPS) is 13.9. The highest BCUT2D eigenvalue weighted by molar-refractivity contribution is 8.07. The monoisotopic (exact) mass is 232 g/mol. The van der Waals surface area contributed by atoms with Gasteiger partial charge >= 0.3 is 0 Å². The molecule has 1 aromatic rings. The SMILES string of the molecule is C=C(SC)c1cc2c(cc1CCC)CCC2. The third kappa shape index (κ3) is 2.20. The summed E-state index contributed by atoms with van der Waals surface area (Å²) in [6, 6.07) is 4.83. The van der Waals surface area contributed by atoms with E-state index in [0.717, 1.165) is 0 Å². The molecule has 0 fully saturated rings. The molecule has 0 N–H and O–H groups in total. The average Bonchev–Trinajstić information content (AvgIpc) is 2.74. The number of thioether (sulfide) groups is 1. The second kappa shape index (κ2) is 5.09. The summed E-state index contributed by atoms with van der Waals surface area (Å²) in [6.45, 7) is 6.42. The topological polar surface area (TPSA) is 0 Å². The molecule has 0 spiro atoms. The molecule has 86 valence electrons. The Labute approximate surface area is 103 Å². The molecule has 0 bridgehead atoms. The van der Waals surface area contributed by atoms with E-state index in [1.165, 1.54) is 48.1 Å². The fourth-order valence-corrected chi connectivity index (χ4v) is 2.93. The number of hydrogen-bond acceptors (Lipinski definition) is 1. The minimum absolute atomic E-state index is 1.18. The molecule has 0 atom stereocenters. The molecular weight excluding hydrogens is 212 g/mol. The van der Waals surface area contributed by atoms with Crippen molar-refractivity contribution in [3.63, 3.8) is 0 Å². The molecular formula is C15H20S. The van der Waals surface area contributed by atoms with Crippen molar-refractivity contribution in [1.82, 2.24) is 0 Å². The van der Waals surface area contributed by atoms with Crippen molar-refractivity contribution in [2.45, 2.75) is 39.0 Å². The summed E-state index contributed by atoms with van der Waals surface area (Å²) in [6.07, 6.45) is 8.38. The van der Waals surface area contributed by atoms with Gasteiger partial charge in [0.05, 0.1) is 0 Å². The Bertz CT molecular complexity index is 404. The molecule has 1 heteroatoms. The first-order valence-corrected chi connectivity index (χ1v) is 7.36. The molecule has 0 heterocycles. The fraction of sp³-hybridized carbons (Fsp3) is 0.467. The summed E-state index contributed by atoms with van der Waals surface area (Å²) in [5, 5.41) is 0. The van der Waals surface area contributed by atoms with Crippen LogP contribution in [0.25, 0.3) is 4.91 Å². The number of rotatable bonds is 4. The van der Waals surface area contributed by atoms with Gasteiger partial charge in [0.1, 0.15) is 0 Å². The molecule has 16 heavy (non-hydrogen) atoms. The quantitative estimate of drug-likeness (QED) is 0.738. The first kappa shape index (κ1) is 11.8. The first-order chi connectivity index (χ1) is 7.76. The van der Waals surface area contributed by atoms with E-state index in [1.807, 2.05) is 0 Å². The lowest BCUT2D eigenvalue weighted by molar-refractivity contribution is 0.906. The Morgan fingerprint density at radius 1 is 1.31 bits per heavy atom. The molecule has 1 aromatic carbocycles. The highest BCUT2D eigenvalue weighted by atomic mass is 32.2. The van der Waals surface area contributed by atoms with Crippen LogP contribution >= 0.6 is 11.8 Å². The first-order valence-electron chi connectivity index (χ1n) is 6.14. The summed E-state index contributed by atoms with van der Waals surface area (Å²) >= 11 is 1.77. The van der Waals surface area contributed by atoms with Crippen LogP contribution in [0.3, 0.4) is 0 Å². The summed E-state index contributed by atoms with van der Waals surface area (Å²) < 4.78 is 0. The van der Waals surface area contributed by atoms with E-state index >= 15 is 0 Å². The van der Waals surface area contributed by atoms with Gasteiger partial charge in [0.15, 0.2) is 0 Å². The van der Waals surface area contributed by atoms with Gasteiger partial charge in [-0.3, -0.25) is 0 Å². The van der Waals surface area contributed by atoms with E-state index in [4.69, 9.17) is 0 Å². The highest BCUT2D eigenvalue weighted by Gasteiger charge is 2.15. The van der Waals surface area contributed by atoms with Crippen molar-refractivity contribution in [1.29, 1.82) is 0 Å². The molecule has 1 aliphatic carbocycles. The molecule has 1 aliphatic rings. The Morgan fingerprint density at radius 2 is 2.00 bits per heavy atom. The molecule has 0 saturated carbocycles. The van der Waals surface area contributed by atoms with Crippen LogP contribution in [0.4, 0.5) is 0 Å². The Kier molecular flexibility index (Phi) is 3.75. The molecule has 2 rings (SSSR count). The maximum atomic E-state index is 4.17. The highest BCUT2D eigenvalue weighted by Crippen LogP contribution is 2.32. The lowest BCUT2D eigenvalue weighted by atomic mass is 9.97. The van der Waals surface area contributed by atoms with Crippen LogP contribution in [0.1, 0.15) is 42.0 Å². The van der Waals surface area contributed by atoms with E-state index in [2.05, 4.69) is 31.9 Å². The second-order valence-corrected chi connectivity index (χ2v) is 5.41. The predicted octanol–water partition coefficient (Wildman–Crippen LogP) is 4.46. The van der Waals surface area contributed by atoms with Gasteiger partial charge in [0.25, 0.3) is 0 Å². The summed E-state index contributed by atoms with van der Waals surface area (Å²) in [7, 11) is 0. The van der Waals surface area contributed by atoms with E-state index in [-0.39, 0.29) is 0 Å². The van der Waals surface area contributed by atoms with Gasteiger partial charge in [-0.05, 0) is 54.2 Å². The predicted molar refractivity (Wildman–Crippen MR) is 75.0 cm³/mol. The van der Waals surface area contributed by atoms with Crippen LogP contribution in [0.2, 0.25) is 0 Å². The van der Waals surface area contributed by atoms with Gasteiger partial charge in [-0.1, -0.05) is 32.1 Å². The van der Waals surface area contributed by atoms with Crippen LogP contribution in [0, 0.1) is 0 Å². The third-order valence-corrected chi connectivity index (χ3v) is 4.10. The standard InChI is InChI=1S/C15H20S/c1-4-6-14-9-12-7-5-8-13(12)10-15(14)11(2)16-3/h9-10H,2,4-8H2,1,3H3. The van der Waals surface area contributed by atoms with Crippen molar-refractivity contribution >= 4 is 16.7 Å². The minimum atomic E-state index is 1.18. The number of hydrogen-bond donors (Lipinski definition) is 0. The van der Waals surface area contributed by atoms with Gasteiger partial charge in [-0.25, -0.2) is 0 Å². The zero-order valence-corrected chi connectivity index (χ0v) is 11.1. The summed E-state index contributed by atoms with van der Waals surface area (Å²) in [5.74, 6) is 0. The zero-order chi connectivity index (χ0) is 11.5. The zero-order valence-electron chi connectivity index (χ0n) is 10.3. The summed E-state index contributed by atoms with van der Waals surface area (Å²) in [4.78, 5) is 1.22. The molecule has 0 aromatic heterocycles. The molecule has 0 aliphatic heterocycles. The van der Waals surface area contributed by atoms with Crippen LogP contribution < -0.4 is 0 Å². The molecule has 0 radical (unpaired) electrons. The fourth-order valence-electron chi connectivity index (χ4n) is 2.52. The van der Waals surface area contributed by atoms with Gasteiger partial charge in [-0.15, -0.1) is 11.8 Å². The minimum Gasteiger partial charge on any atom is -0.130 e. The van der Waals surface area contributed by atoms with E-state index in [0.29, 0.717) is 0 Å². The molecule has 0 amide bonds. The average molecular weight is 232 g/mol. The van der Waals surface area contributed by atoms with Crippen LogP contribution in [0.15, 0.2) is 18.7 Å². The Balaban J connectivity index is 2.44. The number of benzene rings is 1. The smallest absolute Gasteiger partial charge is 0.00725 e. The molecule has 0 saturated heterocycles. The second-order valence-electron chi connectivity index (χ2n) is 4.51. The maximum absolute atomic E-state index is 4.17. The van der Waals surface area contributed by atoms with Crippen molar-refractivity contribution in [3.05, 3.63) is 41.0 Å². The number of aryl methyl sites for hydroxylation is 3. The van der Waals surface area contributed by atoms with E-state index in [9.17, 15) is 0 Å². The summed E-state index contributed by atoms with van der Waals surface area (Å²) in [5.41, 5.74) is 6.05. The Morgan fingerprint density at radius 3 is 2.62 bits per heavy atom. The van der Waals surface area contributed by atoms with Gasteiger partial charge in [-0.2, -0.15) is 0 Å². The van der Waals surface area contributed by atoms with Gasteiger partial charge in [0, 0.05) is 4.91 Å². The van der Waals surface area contributed by atoms with Crippen LogP contribution in [-0.4, -0.2) is 6.26 Å². The lowest BCUT2D eigenvalue weighted by Crippen LogP contribution is -1.95. The lowest BCUT2D eigenvalue weighted by Gasteiger charge is -2.13. The van der Waals surface area contributed by atoms with E-state index < -0.39 is 0 Å². The van der Waals surface area contributed by atoms with Crippen molar-refractivity contribution in [2.24, 2.45) is 0 Å². The maximum Gasteiger partial charge on any atom is 0.00725 e. The van der Waals surface area contributed by atoms with Crippen molar-refractivity contribution < 1.29 is 0 Å². The van der Waals surface area contributed by atoms with Crippen LogP contribution in [0.5, 0.6) is 0 Å². The van der Waals surface area contributed by atoms with Crippen molar-refractivity contribution in [3.8, 4) is 0 Å². The largest absolute Gasteiger partial charge is 0.130 e. The van der Waals surface area contributed by atoms with Gasteiger partial charge < -0.3 is 0 Å². The molecule has 0 unspecified atom stereocenters.